The van der Waals surface area contributed by atoms with Crippen LogP contribution in [-0.2, 0) is 0 Å². The third kappa shape index (κ3) is 4.82. The van der Waals surface area contributed by atoms with Crippen LogP contribution >= 0.6 is 0 Å². The molecule has 4 heteroatoms. The first-order chi connectivity index (χ1) is 12.7. The topological polar surface area (TPSA) is 22.1 Å². The van der Waals surface area contributed by atoms with Gasteiger partial charge in [0.05, 0.1) is 6.61 Å². The van der Waals surface area contributed by atoms with Crippen LogP contribution in [0.1, 0.15) is 56.1 Å². The number of hydrogen-bond acceptors (Lipinski definition) is 2. The van der Waals surface area contributed by atoms with Gasteiger partial charge in [-0.25, -0.2) is 9.37 Å². The van der Waals surface area contributed by atoms with Crippen LogP contribution in [0, 0.1) is 29.5 Å². The van der Waals surface area contributed by atoms with E-state index in [2.05, 4.69) is 35.9 Å². The van der Waals surface area contributed by atoms with Crippen molar-refractivity contribution in [2.45, 2.75) is 44.9 Å². The highest BCUT2D eigenvalue weighted by Crippen LogP contribution is 2.36. The van der Waals surface area contributed by atoms with Crippen LogP contribution in [0.5, 0.6) is 5.75 Å². The van der Waals surface area contributed by atoms with Gasteiger partial charge >= 0.3 is 0 Å². The van der Waals surface area contributed by atoms with Gasteiger partial charge in [-0.1, -0.05) is 30.9 Å². The van der Waals surface area contributed by atoms with Crippen molar-refractivity contribution < 1.29 is 13.5 Å². The van der Waals surface area contributed by atoms with Gasteiger partial charge in [-0.15, -0.1) is 0 Å². The highest BCUT2D eigenvalue weighted by molar-refractivity contribution is 5.33. The summed E-state index contributed by atoms with van der Waals surface area (Å²) in [7, 11) is 0. The molecule has 136 valence electrons. The molecule has 0 aliphatic heterocycles. The molecule has 1 heterocycles. The maximum atomic E-state index is 13.2. The predicted molar refractivity (Wildman–Crippen MR) is 98.0 cm³/mol. The minimum atomic E-state index is -1.08. The monoisotopic (exact) mass is 355 g/mol. The van der Waals surface area contributed by atoms with Gasteiger partial charge in [0.15, 0.2) is 5.82 Å². The molecule has 0 radical (unpaired) electrons. The van der Waals surface area contributed by atoms with E-state index in [4.69, 9.17) is 4.74 Å². The van der Waals surface area contributed by atoms with E-state index in [0.29, 0.717) is 17.4 Å². The Labute approximate surface area is 153 Å². The number of hydrogen-bond donors (Lipinski definition) is 0. The van der Waals surface area contributed by atoms with E-state index in [1.54, 1.807) is 0 Å². The van der Waals surface area contributed by atoms with Gasteiger partial charge in [-0.3, -0.25) is 0 Å². The Kier molecular flexibility index (Phi) is 6.22. The normalized spacial score (nSPS) is 19.5. The molecule has 0 unspecified atom stereocenters. The van der Waals surface area contributed by atoms with E-state index in [9.17, 15) is 8.78 Å². The van der Waals surface area contributed by atoms with Crippen molar-refractivity contribution in [1.29, 1.82) is 0 Å². The zero-order valence-corrected chi connectivity index (χ0v) is 15.0. The molecule has 1 aromatic carbocycles. The standard InChI is InChI=1S/C22H23F2NO/c1-2-13-26-20-11-9-19(10-12-20)18-7-5-16(6-8-18)3-4-17-14-21(23)22(24)25-15-17/h9-12,14-16,18H,2,5-8,13H2,1H3/t16-,18-. The molecule has 0 atom stereocenters. The summed E-state index contributed by atoms with van der Waals surface area (Å²) in [5.74, 6) is 5.86. The van der Waals surface area contributed by atoms with E-state index >= 15 is 0 Å². The molecule has 26 heavy (non-hydrogen) atoms. The minimum Gasteiger partial charge on any atom is -0.494 e. The maximum Gasteiger partial charge on any atom is 0.248 e. The maximum absolute atomic E-state index is 13.2. The smallest absolute Gasteiger partial charge is 0.248 e. The summed E-state index contributed by atoms with van der Waals surface area (Å²) in [6.07, 6.45) is 6.49. The zero-order chi connectivity index (χ0) is 18.4. The van der Waals surface area contributed by atoms with Crippen LogP contribution < -0.4 is 4.74 Å². The Hall–Kier alpha value is -2.41. The Morgan fingerprint density at radius 1 is 1.12 bits per heavy atom. The molecule has 3 rings (SSSR count). The van der Waals surface area contributed by atoms with E-state index in [0.717, 1.165) is 50.5 Å². The second-order valence-corrected chi connectivity index (χ2v) is 6.73. The van der Waals surface area contributed by atoms with Gasteiger partial charge < -0.3 is 4.74 Å². The van der Waals surface area contributed by atoms with E-state index in [-0.39, 0.29) is 0 Å². The lowest BCUT2D eigenvalue weighted by Crippen LogP contribution is -2.12. The molecule has 1 saturated carbocycles. The number of halogens is 2. The second-order valence-electron chi connectivity index (χ2n) is 6.73. The summed E-state index contributed by atoms with van der Waals surface area (Å²) in [5, 5.41) is 0. The molecule has 1 aromatic heterocycles. The average Bonchev–Trinajstić information content (AvgIpc) is 2.68. The minimum absolute atomic E-state index is 0.298. The lowest BCUT2D eigenvalue weighted by molar-refractivity contribution is 0.317. The molecule has 2 nitrogen and oxygen atoms in total. The van der Waals surface area contributed by atoms with Gasteiger partial charge in [-0.2, -0.15) is 4.39 Å². The summed E-state index contributed by atoms with van der Waals surface area (Å²) >= 11 is 0. The second kappa shape index (κ2) is 8.80. The summed E-state index contributed by atoms with van der Waals surface area (Å²) in [4.78, 5) is 3.37. The first-order valence-corrected chi connectivity index (χ1v) is 9.21. The van der Waals surface area contributed by atoms with E-state index < -0.39 is 11.8 Å². The summed E-state index contributed by atoms with van der Waals surface area (Å²) < 4.78 is 31.6. The molecule has 0 bridgehead atoms. The van der Waals surface area contributed by atoms with E-state index in [1.807, 2.05) is 12.1 Å². The molecule has 0 saturated heterocycles. The number of ether oxygens (including phenoxy) is 1. The molecule has 1 aliphatic carbocycles. The van der Waals surface area contributed by atoms with Crippen molar-refractivity contribution in [3.8, 4) is 17.6 Å². The van der Waals surface area contributed by atoms with Gasteiger partial charge in [-0.05, 0) is 61.8 Å². The highest BCUT2D eigenvalue weighted by Gasteiger charge is 2.21. The predicted octanol–water partition coefficient (Wildman–Crippen LogP) is 5.47. The molecule has 0 amide bonds. The highest BCUT2D eigenvalue weighted by atomic mass is 19.2. The number of nitrogens with zero attached hydrogens (tertiary/aromatic N) is 1. The fourth-order valence-corrected chi connectivity index (χ4v) is 3.30. The first kappa shape index (κ1) is 18.4. The van der Waals surface area contributed by atoms with Gasteiger partial charge in [0.1, 0.15) is 5.75 Å². The van der Waals surface area contributed by atoms with Gasteiger partial charge in [0.2, 0.25) is 5.95 Å². The van der Waals surface area contributed by atoms with Crippen molar-refractivity contribution >= 4 is 0 Å². The van der Waals surface area contributed by atoms with Crippen molar-refractivity contribution in [3.05, 3.63) is 59.4 Å². The Morgan fingerprint density at radius 2 is 1.85 bits per heavy atom. The zero-order valence-electron chi connectivity index (χ0n) is 15.0. The first-order valence-electron chi connectivity index (χ1n) is 9.21. The van der Waals surface area contributed by atoms with Crippen LogP contribution in [0.2, 0.25) is 0 Å². The lowest BCUT2D eigenvalue weighted by Gasteiger charge is -2.26. The quantitative estimate of drug-likeness (QED) is 0.536. The van der Waals surface area contributed by atoms with Crippen LogP contribution in [0.15, 0.2) is 36.5 Å². The van der Waals surface area contributed by atoms with Crippen LogP contribution in [0.25, 0.3) is 0 Å². The Bertz CT molecular complexity index is 784. The van der Waals surface area contributed by atoms with Crippen LogP contribution in [-0.4, -0.2) is 11.6 Å². The van der Waals surface area contributed by atoms with Crippen molar-refractivity contribution in [2.24, 2.45) is 5.92 Å². The third-order valence-electron chi connectivity index (χ3n) is 4.77. The van der Waals surface area contributed by atoms with Crippen LogP contribution in [0.3, 0.4) is 0 Å². The fraction of sp³-hybridized carbons (Fsp3) is 0.409. The van der Waals surface area contributed by atoms with Crippen LogP contribution in [0.4, 0.5) is 8.78 Å². The molecule has 0 N–H and O–H groups in total. The van der Waals surface area contributed by atoms with Crippen molar-refractivity contribution in [3.63, 3.8) is 0 Å². The summed E-state index contributed by atoms with van der Waals surface area (Å²) in [6, 6.07) is 9.52. The van der Waals surface area contributed by atoms with Gasteiger partial charge in [0, 0.05) is 17.7 Å². The fourth-order valence-electron chi connectivity index (χ4n) is 3.30. The number of rotatable bonds is 4. The molecule has 2 aromatic rings. The number of aromatic nitrogens is 1. The molecule has 0 spiro atoms. The Balaban J connectivity index is 1.54. The Morgan fingerprint density at radius 3 is 2.50 bits per heavy atom. The van der Waals surface area contributed by atoms with Crippen molar-refractivity contribution in [2.75, 3.05) is 6.61 Å². The average molecular weight is 355 g/mol. The number of pyridine rings is 1. The van der Waals surface area contributed by atoms with Crippen molar-refractivity contribution in [1.82, 2.24) is 4.98 Å². The molecule has 1 aliphatic rings. The summed E-state index contributed by atoms with van der Waals surface area (Å²) in [6.45, 7) is 2.84. The lowest BCUT2D eigenvalue weighted by atomic mass is 9.79. The molecule has 1 fully saturated rings. The summed E-state index contributed by atoms with van der Waals surface area (Å²) in [5.41, 5.74) is 1.78. The van der Waals surface area contributed by atoms with E-state index in [1.165, 1.54) is 11.8 Å². The SMILES string of the molecule is CCCOc1ccc([C@H]2CC[C@H](C#Cc3cnc(F)c(F)c3)CC2)cc1. The largest absolute Gasteiger partial charge is 0.494 e. The van der Waals surface area contributed by atoms with Gasteiger partial charge in [0.25, 0.3) is 0 Å². The molecular weight excluding hydrogens is 332 g/mol. The molecular formula is C22H23F2NO. The third-order valence-corrected chi connectivity index (χ3v) is 4.77. The number of benzene rings is 1.